The zero-order valence-corrected chi connectivity index (χ0v) is 14.0. The number of carbonyl (C=O) groups is 2. The third-order valence-corrected chi connectivity index (χ3v) is 4.41. The zero-order valence-electron chi connectivity index (χ0n) is 14.0. The average Bonchev–Trinajstić information content (AvgIpc) is 3.02. The van der Waals surface area contributed by atoms with Gasteiger partial charge in [0.1, 0.15) is 5.69 Å². The molecule has 0 aromatic carbocycles. The summed E-state index contributed by atoms with van der Waals surface area (Å²) in [7, 11) is 1.59. The topological polar surface area (TPSA) is 85.7 Å². The van der Waals surface area contributed by atoms with Gasteiger partial charge in [0.15, 0.2) is 5.82 Å². The van der Waals surface area contributed by atoms with Crippen molar-refractivity contribution in [3.63, 3.8) is 0 Å². The van der Waals surface area contributed by atoms with Gasteiger partial charge < -0.3 is 24.3 Å². The Morgan fingerprint density at radius 1 is 1.25 bits per heavy atom. The number of rotatable bonds is 5. The van der Waals surface area contributed by atoms with Gasteiger partial charge in [-0.15, -0.1) is 0 Å². The van der Waals surface area contributed by atoms with E-state index in [1.165, 1.54) is 0 Å². The van der Waals surface area contributed by atoms with Gasteiger partial charge >= 0.3 is 0 Å². The highest BCUT2D eigenvalue weighted by Gasteiger charge is 2.30. The van der Waals surface area contributed by atoms with Crippen molar-refractivity contribution in [3.8, 4) is 0 Å². The first-order chi connectivity index (χ1) is 11.7. The zero-order chi connectivity index (χ0) is 16.9. The lowest BCUT2D eigenvalue weighted by Crippen LogP contribution is -2.42. The minimum Gasteiger partial charge on any atom is -0.383 e. The van der Waals surface area contributed by atoms with Crippen LogP contribution in [-0.4, -0.2) is 72.8 Å². The first-order valence-electron chi connectivity index (χ1n) is 8.46. The molecule has 0 spiro atoms. The summed E-state index contributed by atoms with van der Waals surface area (Å²) < 4.78 is 12.2. The highest BCUT2D eigenvalue weighted by Crippen LogP contribution is 2.22. The molecule has 0 aliphatic carbocycles. The monoisotopic (exact) mass is 336 g/mol. The fourth-order valence-corrected chi connectivity index (χ4v) is 3.15. The second kappa shape index (κ2) is 7.76. The predicted octanol–water partition coefficient (Wildman–Crippen LogP) is 0.0680. The molecular formula is C16H24N4O4. The van der Waals surface area contributed by atoms with E-state index in [1.54, 1.807) is 12.0 Å². The van der Waals surface area contributed by atoms with Crippen molar-refractivity contribution in [2.75, 3.05) is 46.6 Å². The Hall–Kier alpha value is -1.93. The van der Waals surface area contributed by atoms with E-state index < -0.39 is 0 Å². The predicted molar refractivity (Wildman–Crippen MR) is 86.1 cm³/mol. The van der Waals surface area contributed by atoms with Gasteiger partial charge in [0, 0.05) is 33.3 Å². The van der Waals surface area contributed by atoms with Crippen LogP contribution < -0.4 is 5.32 Å². The van der Waals surface area contributed by atoms with Crippen molar-refractivity contribution in [2.45, 2.75) is 25.8 Å². The Labute approximate surface area is 141 Å². The number of fused-ring (bicyclic) bond motifs is 1. The number of carbonyl (C=O) groups excluding carboxylic acids is 2. The van der Waals surface area contributed by atoms with Gasteiger partial charge in [-0.05, 0) is 19.3 Å². The molecule has 1 aromatic rings. The quantitative estimate of drug-likeness (QED) is 0.769. The third-order valence-electron chi connectivity index (χ3n) is 4.41. The minimum absolute atomic E-state index is 0.114. The number of hydrogen-bond donors (Lipinski definition) is 1. The number of ether oxygens (including phenoxy) is 2. The number of nitrogens with zero attached hydrogens (tertiary/aromatic N) is 3. The number of aromatic nitrogens is 2. The van der Waals surface area contributed by atoms with Crippen LogP contribution in [0.25, 0.3) is 0 Å². The maximum Gasteiger partial charge on any atom is 0.290 e. The van der Waals surface area contributed by atoms with E-state index in [2.05, 4.69) is 10.3 Å². The van der Waals surface area contributed by atoms with Crippen molar-refractivity contribution < 1.29 is 19.1 Å². The summed E-state index contributed by atoms with van der Waals surface area (Å²) in [6, 6.07) is 0. The molecular weight excluding hydrogens is 312 g/mol. The molecule has 24 heavy (non-hydrogen) atoms. The molecule has 0 saturated carbocycles. The van der Waals surface area contributed by atoms with Crippen molar-refractivity contribution in [2.24, 2.45) is 0 Å². The fourth-order valence-electron chi connectivity index (χ4n) is 3.15. The molecule has 0 bridgehead atoms. The van der Waals surface area contributed by atoms with Crippen LogP contribution in [0.2, 0.25) is 0 Å². The van der Waals surface area contributed by atoms with Gasteiger partial charge in [-0.1, -0.05) is 0 Å². The minimum atomic E-state index is -0.237. The molecule has 0 atom stereocenters. The van der Waals surface area contributed by atoms with Crippen molar-refractivity contribution >= 4 is 11.8 Å². The lowest BCUT2D eigenvalue weighted by molar-refractivity contribution is 0.0291. The largest absolute Gasteiger partial charge is 0.383 e. The van der Waals surface area contributed by atoms with E-state index in [9.17, 15) is 9.59 Å². The highest BCUT2D eigenvalue weighted by atomic mass is 16.5. The average molecular weight is 336 g/mol. The van der Waals surface area contributed by atoms with Crippen LogP contribution in [0.3, 0.4) is 0 Å². The van der Waals surface area contributed by atoms with E-state index in [-0.39, 0.29) is 11.8 Å². The first kappa shape index (κ1) is 16.9. The summed E-state index contributed by atoms with van der Waals surface area (Å²) >= 11 is 0. The Morgan fingerprint density at radius 2 is 2.04 bits per heavy atom. The van der Waals surface area contributed by atoms with Gasteiger partial charge in [-0.3, -0.25) is 9.59 Å². The van der Waals surface area contributed by atoms with Gasteiger partial charge in [-0.2, -0.15) is 0 Å². The number of amides is 2. The van der Waals surface area contributed by atoms with Crippen molar-refractivity contribution in [1.29, 1.82) is 0 Å². The molecule has 0 unspecified atom stereocenters. The van der Waals surface area contributed by atoms with Crippen LogP contribution in [-0.2, 0) is 22.4 Å². The molecule has 1 N–H and O–H groups in total. The first-order valence-corrected chi connectivity index (χ1v) is 8.46. The molecule has 2 amide bonds. The Balaban J connectivity index is 1.84. The maximum absolute atomic E-state index is 12.8. The molecule has 3 heterocycles. The molecule has 3 rings (SSSR count). The van der Waals surface area contributed by atoms with E-state index >= 15 is 0 Å². The summed E-state index contributed by atoms with van der Waals surface area (Å²) in [6.45, 7) is 3.83. The van der Waals surface area contributed by atoms with Gasteiger partial charge in [0.05, 0.1) is 25.5 Å². The lowest BCUT2D eigenvalue weighted by Gasteiger charge is -2.27. The number of methoxy groups -OCH3 is 1. The highest BCUT2D eigenvalue weighted by molar-refractivity contribution is 5.97. The van der Waals surface area contributed by atoms with Crippen molar-refractivity contribution in [3.05, 3.63) is 17.2 Å². The smallest absolute Gasteiger partial charge is 0.290 e. The van der Waals surface area contributed by atoms with E-state index in [4.69, 9.17) is 9.47 Å². The summed E-state index contributed by atoms with van der Waals surface area (Å²) in [5.41, 5.74) is 1.25. The number of hydrogen-bond acceptors (Lipinski definition) is 5. The Kier molecular flexibility index (Phi) is 5.47. The SMILES string of the molecule is COCCNC(=O)c1nc(C(=O)N2CCOCC2)n2c1CCCC2. The normalized spacial score (nSPS) is 17.5. The number of morpholine rings is 1. The van der Waals surface area contributed by atoms with Crippen LogP contribution >= 0.6 is 0 Å². The fraction of sp³-hybridized carbons (Fsp3) is 0.688. The molecule has 1 fully saturated rings. The standard InChI is InChI=1S/C16H24N4O4/c1-23-9-5-17-15(21)13-12-4-2-3-6-20(12)14(18-13)16(22)19-7-10-24-11-8-19/h2-11H2,1H3,(H,17,21). The van der Waals surface area contributed by atoms with Crippen LogP contribution in [0.15, 0.2) is 0 Å². The number of imidazole rings is 1. The summed E-state index contributed by atoms with van der Waals surface area (Å²) in [5, 5.41) is 2.80. The molecule has 132 valence electrons. The van der Waals surface area contributed by atoms with Crippen LogP contribution in [0, 0.1) is 0 Å². The second-order valence-corrected chi connectivity index (χ2v) is 5.99. The maximum atomic E-state index is 12.8. The van der Waals surface area contributed by atoms with Crippen LogP contribution in [0.4, 0.5) is 0 Å². The second-order valence-electron chi connectivity index (χ2n) is 5.99. The summed E-state index contributed by atoms with van der Waals surface area (Å²) in [6.07, 6.45) is 2.78. The Morgan fingerprint density at radius 3 is 2.79 bits per heavy atom. The summed E-state index contributed by atoms with van der Waals surface area (Å²) in [5.74, 6) is 0.0274. The van der Waals surface area contributed by atoms with Crippen LogP contribution in [0.1, 0.15) is 39.6 Å². The summed E-state index contributed by atoms with van der Waals surface area (Å²) in [4.78, 5) is 31.4. The molecule has 0 radical (unpaired) electrons. The van der Waals surface area contributed by atoms with Gasteiger partial charge in [0.25, 0.3) is 11.8 Å². The van der Waals surface area contributed by atoms with E-state index in [0.29, 0.717) is 51.0 Å². The number of nitrogens with one attached hydrogen (secondary N) is 1. The van der Waals surface area contributed by atoms with Gasteiger partial charge in [-0.25, -0.2) is 4.98 Å². The lowest BCUT2D eigenvalue weighted by atomic mass is 10.1. The Bertz CT molecular complexity index is 607. The van der Waals surface area contributed by atoms with Crippen molar-refractivity contribution in [1.82, 2.24) is 19.8 Å². The van der Waals surface area contributed by atoms with Crippen LogP contribution in [0.5, 0.6) is 0 Å². The third kappa shape index (κ3) is 3.44. The molecule has 1 saturated heterocycles. The molecule has 8 nitrogen and oxygen atoms in total. The molecule has 1 aromatic heterocycles. The molecule has 2 aliphatic heterocycles. The van der Waals surface area contributed by atoms with E-state index in [1.807, 2.05) is 4.57 Å². The van der Waals surface area contributed by atoms with E-state index in [0.717, 1.165) is 31.5 Å². The van der Waals surface area contributed by atoms with Gasteiger partial charge in [0.2, 0.25) is 0 Å². The molecule has 2 aliphatic rings. The molecule has 8 heteroatoms.